The van der Waals surface area contributed by atoms with Crippen LogP contribution in [0.1, 0.15) is 34.1 Å². The number of aliphatic hydroxyl groups excluding tert-OH is 1. The molecule has 0 fully saturated rings. The molecule has 0 aromatic heterocycles. The van der Waals surface area contributed by atoms with Crippen LogP contribution in [0.3, 0.4) is 0 Å². The van der Waals surface area contributed by atoms with Crippen LogP contribution in [0.15, 0.2) is 0 Å². The Morgan fingerprint density at radius 1 is 1.24 bits per heavy atom. The molecular weight excluding hydrogens is 226 g/mol. The Balaban J connectivity index is 4.24. The Morgan fingerprint density at radius 3 is 2.12 bits per heavy atom. The minimum Gasteiger partial charge on any atom is -0.481 e. The lowest BCUT2D eigenvalue weighted by Gasteiger charge is -2.27. The Kier molecular flexibility index (Phi) is 5.41. The van der Waals surface area contributed by atoms with Gasteiger partial charge in [0.1, 0.15) is 5.60 Å². The highest BCUT2D eigenvalue weighted by molar-refractivity contribution is 5.69. The second-order valence-electron chi connectivity index (χ2n) is 5.39. The van der Waals surface area contributed by atoms with E-state index in [2.05, 4.69) is 5.32 Å². The second kappa shape index (κ2) is 5.86. The van der Waals surface area contributed by atoms with Crippen molar-refractivity contribution in [3.8, 4) is 0 Å². The summed E-state index contributed by atoms with van der Waals surface area (Å²) < 4.78 is 5.00. The monoisotopic (exact) mass is 247 g/mol. The summed E-state index contributed by atoms with van der Waals surface area (Å²) >= 11 is 0. The third-order valence-corrected chi connectivity index (χ3v) is 2.02. The molecule has 6 heteroatoms. The number of hydrogen-bond donors (Lipinski definition) is 3. The molecule has 1 unspecified atom stereocenters. The maximum absolute atomic E-state index is 11.3. The first-order valence-corrected chi connectivity index (χ1v) is 5.37. The van der Waals surface area contributed by atoms with Crippen molar-refractivity contribution in [3.05, 3.63) is 0 Å². The Bertz CT molecular complexity index is 284. The van der Waals surface area contributed by atoms with E-state index in [4.69, 9.17) is 14.9 Å². The molecule has 0 aromatic carbocycles. The van der Waals surface area contributed by atoms with Crippen LogP contribution in [0, 0.1) is 5.41 Å². The molecule has 3 N–H and O–H groups in total. The van der Waals surface area contributed by atoms with Crippen LogP contribution in [-0.2, 0) is 9.53 Å². The van der Waals surface area contributed by atoms with Gasteiger partial charge in [0.15, 0.2) is 0 Å². The van der Waals surface area contributed by atoms with Crippen LogP contribution < -0.4 is 5.32 Å². The largest absolute Gasteiger partial charge is 0.481 e. The van der Waals surface area contributed by atoms with Crippen LogP contribution in [0.5, 0.6) is 0 Å². The Hall–Kier alpha value is -1.30. The zero-order valence-electron chi connectivity index (χ0n) is 10.7. The number of carbonyl (C=O) groups excluding carboxylic acids is 1. The van der Waals surface area contributed by atoms with Gasteiger partial charge in [0.05, 0.1) is 13.0 Å². The van der Waals surface area contributed by atoms with Gasteiger partial charge in [0.2, 0.25) is 0 Å². The maximum Gasteiger partial charge on any atom is 0.407 e. The SMILES string of the molecule is CC(CO)(CNC(=O)OC(C)(C)C)CC(=O)O. The fourth-order valence-electron chi connectivity index (χ4n) is 1.14. The molecule has 0 saturated heterocycles. The van der Waals surface area contributed by atoms with Crippen LogP contribution in [0.2, 0.25) is 0 Å². The summed E-state index contributed by atoms with van der Waals surface area (Å²) in [6.45, 7) is 6.50. The van der Waals surface area contributed by atoms with Crippen molar-refractivity contribution in [2.24, 2.45) is 5.41 Å². The average molecular weight is 247 g/mol. The predicted molar refractivity (Wildman–Crippen MR) is 61.7 cm³/mol. The summed E-state index contributed by atoms with van der Waals surface area (Å²) in [5.41, 5.74) is -1.49. The molecule has 0 saturated carbocycles. The molecule has 1 amide bonds. The number of rotatable bonds is 5. The van der Waals surface area contributed by atoms with E-state index < -0.39 is 23.1 Å². The fraction of sp³-hybridized carbons (Fsp3) is 0.818. The number of alkyl carbamates (subject to hydrolysis) is 1. The molecule has 0 aliphatic rings. The van der Waals surface area contributed by atoms with E-state index in [1.807, 2.05) is 0 Å². The number of aliphatic hydroxyl groups is 1. The quantitative estimate of drug-likeness (QED) is 0.673. The Morgan fingerprint density at radius 2 is 1.76 bits per heavy atom. The first-order chi connectivity index (χ1) is 7.58. The van der Waals surface area contributed by atoms with Crippen molar-refractivity contribution in [3.63, 3.8) is 0 Å². The number of amides is 1. The number of aliphatic carboxylic acids is 1. The molecular formula is C11H21NO5. The predicted octanol–water partition coefficient (Wildman–Crippen LogP) is 0.984. The van der Waals surface area contributed by atoms with Gasteiger partial charge in [0.25, 0.3) is 0 Å². The highest BCUT2D eigenvalue weighted by Crippen LogP contribution is 2.19. The lowest BCUT2D eigenvalue weighted by molar-refractivity contribution is -0.140. The second-order valence-corrected chi connectivity index (χ2v) is 5.39. The number of nitrogens with one attached hydrogen (secondary N) is 1. The zero-order chi connectivity index (χ0) is 13.7. The van der Waals surface area contributed by atoms with Crippen LogP contribution in [-0.4, -0.2) is 41.0 Å². The van der Waals surface area contributed by atoms with Gasteiger partial charge >= 0.3 is 12.1 Å². The summed E-state index contributed by atoms with van der Waals surface area (Å²) in [6.07, 6.45) is -0.846. The van der Waals surface area contributed by atoms with Crippen molar-refractivity contribution < 1.29 is 24.5 Å². The lowest BCUT2D eigenvalue weighted by atomic mass is 9.88. The lowest BCUT2D eigenvalue weighted by Crippen LogP contribution is -2.41. The van der Waals surface area contributed by atoms with Gasteiger partial charge in [-0.1, -0.05) is 6.92 Å². The molecule has 0 bridgehead atoms. The van der Waals surface area contributed by atoms with Crippen molar-refractivity contribution in [1.29, 1.82) is 0 Å². The van der Waals surface area contributed by atoms with E-state index in [1.165, 1.54) is 0 Å². The number of carboxylic acid groups (broad SMARTS) is 1. The van der Waals surface area contributed by atoms with Crippen LogP contribution >= 0.6 is 0 Å². The van der Waals surface area contributed by atoms with Gasteiger partial charge in [-0.15, -0.1) is 0 Å². The van der Waals surface area contributed by atoms with Gasteiger partial charge in [-0.05, 0) is 20.8 Å². The van der Waals surface area contributed by atoms with E-state index in [9.17, 15) is 9.59 Å². The van der Waals surface area contributed by atoms with Gasteiger partial charge < -0.3 is 20.3 Å². The normalized spacial score (nSPS) is 14.9. The maximum atomic E-state index is 11.3. The minimum atomic E-state index is -1.02. The van der Waals surface area contributed by atoms with Crippen LogP contribution in [0.4, 0.5) is 4.79 Å². The molecule has 100 valence electrons. The Labute approximate surface area is 101 Å². The van der Waals surface area contributed by atoms with E-state index in [-0.39, 0.29) is 19.6 Å². The summed E-state index contributed by atoms with van der Waals surface area (Å²) in [5, 5.41) is 20.3. The van der Waals surface area contributed by atoms with Crippen molar-refractivity contribution in [2.45, 2.75) is 39.7 Å². The molecule has 0 rings (SSSR count). The number of ether oxygens (including phenoxy) is 1. The van der Waals surface area contributed by atoms with E-state index in [1.54, 1.807) is 27.7 Å². The zero-order valence-corrected chi connectivity index (χ0v) is 10.7. The number of carboxylic acids is 1. The average Bonchev–Trinajstić information content (AvgIpc) is 2.11. The van der Waals surface area contributed by atoms with E-state index in [0.29, 0.717) is 0 Å². The molecule has 1 atom stereocenters. The molecule has 0 heterocycles. The summed E-state index contributed by atoms with van der Waals surface area (Å²) in [7, 11) is 0. The van der Waals surface area contributed by atoms with Crippen LogP contribution in [0.25, 0.3) is 0 Å². The first-order valence-electron chi connectivity index (χ1n) is 5.37. The van der Waals surface area contributed by atoms with E-state index >= 15 is 0 Å². The van der Waals surface area contributed by atoms with E-state index in [0.717, 1.165) is 0 Å². The third-order valence-electron chi connectivity index (χ3n) is 2.02. The third kappa shape index (κ3) is 7.57. The number of carbonyl (C=O) groups is 2. The molecule has 17 heavy (non-hydrogen) atoms. The highest BCUT2D eigenvalue weighted by atomic mass is 16.6. The fourth-order valence-corrected chi connectivity index (χ4v) is 1.14. The highest BCUT2D eigenvalue weighted by Gasteiger charge is 2.28. The minimum absolute atomic E-state index is 0.0463. The molecule has 0 aliphatic heterocycles. The summed E-state index contributed by atoms with van der Waals surface area (Å²) in [6, 6.07) is 0. The van der Waals surface area contributed by atoms with Crippen molar-refractivity contribution in [1.82, 2.24) is 5.32 Å². The first kappa shape index (κ1) is 15.7. The molecule has 0 radical (unpaired) electrons. The summed E-state index contributed by atoms with van der Waals surface area (Å²) in [4.78, 5) is 21.9. The van der Waals surface area contributed by atoms with Gasteiger partial charge in [-0.3, -0.25) is 4.79 Å². The van der Waals surface area contributed by atoms with Crippen molar-refractivity contribution >= 4 is 12.1 Å². The van der Waals surface area contributed by atoms with Gasteiger partial charge in [-0.25, -0.2) is 4.79 Å². The number of hydrogen-bond acceptors (Lipinski definition) is 4. The smallest absolute Gasteiger partial charge is 0.407 e. The standard InChI is InChI=1S/C11H21NO5/c1-10(2,3)17-9(16)12-6-11(4,7-13)5-8(14)15/h13H,5-7H2,1-4H3,(H,12,16)(H,14,15). The molecule has 0 spiro atoms. The van der Waals surface area contributed by atoms with Gasteiger partial charge in [0, 0.05) is 12.0 Å². The summed E-state index contributed by atoms with van der Waals surface area (Å²) in [5.74, 6) is -1.02. The van der Waals surface area contributed by atoms with Gasteiger partial charge in [-0.2, -0.15) is 0 Å². The molecule has 0 aromatic rings. The van der Waals surface area contributed by atoms with Crippen molar-refractivity contribution in [2.75, 3.05) is 13.2 Å². The molecule has 0 aliphatic carbocycles. The molecule has 6 nitrogen and oxygen atoms in total. The topological polar surface area (TPSA) is 95.9 Å².